The van der Waals surface area contributed by atoms with Crippen molar-refractivity contribution in [2.45, 2.75) is 26.7 Å². The molecule has 88 valence electrons. The summed E-state index contributed by atoms with van der Waals surface area (Å²) in [5, 5.41) is 4.21. The first-order chi connectivity index (χ1) is 7.58. The molecule has 1 aromatic rings. The van der Waals surface area contributed by atoms with E-state index < -0.39 is 0 Å². The summed E-state index contributed by atoms with van der Waals surface area (Å²) in [5.74, 6) is 0.868. The minimum absolute atomic E-state index is 0.120. The summed E-state index contributed by atoms with van der Waals surface area (Å²) in [7, 11) is 1.83. The first kappa shape index (κ1) is 11.2. The third kappa shape index (κ3) is 2.10. The van der Waals surface area contributed by atoms with Gasteiger partial charge in [-0.15, -0.1) is 0 Å². The molecular formula is C12H19N3O. The van der Waals surface area contributed by atoms with Gasteiger partial charge in [-0.05, 0) is 31.7 Å². The SMILES string of the molecule is Cc1cc(C(=O)N2CCC(C)CC2)n(C)n1. The Hall–Kier alpha value is -1.32. The second-order valence-corrected chi connectivity index (χ2v) is 4.77. The molecule has 0 spiro atoms. The van der Waals surface area contributed by atoms with Crippen LogP contribution >= 0.6 is 0 Å². The van der Waals surface area contributed by atoms with E-state index in [1.165, 1.54) is 0 Å². The molecule has 1 fully saturated rings. The number of hydrogen-bond donors (Lipinski definition) is 0. The third-order valence-electron chi connectivity index (χ3n) is 3.29. The van der Waals surface area contributed by atoms with Gasteiger partial charge in [0, 0.05) is 20.1 Å². The van der Waals surface area contributed by atoms with Gasteiger partial charge in [0.15, 0.2) is 0 Å². The molecule has 0 saturated carbocycles. The van der Waals surface area contributed by atoms with Crippen molar-refractivity contribution in [1.82, 2.24) is 14.7 Å². The van der Waals surface area contributed by atoms with Gasteiger partial charge < -0.3 is 4.90 Å². The van der Waals surface area contributed by atoms with Crippen molar-refractivity contribution >= 4 is 5.91 Å². The van der Waals surface area contributed by atoms with Crippen LogP contribution in [0, 0.1) is 12.8 Å². The highest BCUT2D eigenvalue weighted by molar-refractivity contribution is 5.92. The number of likely N-dealkylation sites (tertiary alicyclic amines) is 1. The maximum atomic E-state index is 12.2. The summed E-state index contributed by atoms with van der Waals surface area (Å²) < 4.78 is 1.68. The summed E-state index contributed by atoms with van der Waals surface area (Å²) in [5.41, 5.74) is 1.60. The molecule has 0 unspecified atom stereocenters. The number of carbonyl (C=O) groups excluding carboxylic acids is 1. The molecule has 1 aromatic heterocycles. The molecule has 1 amide bonds. The van der Waals surface area contributed by atoms with Gasteiger partial charge >= 0.3 is 0 Å². The molecule has 16 heavy (non-hydrogen) atoms. The summed E-state index contributed by atoms with van der Waals surface area (Å²) in [6.07, 6.45) is 2.23. The number of piperidine rings is 1. The van der Waals surface area contributed by atoms with E-state index >= 15 is 0 Å². The summed E-state index contributed by atoms with van der Waals surface area (Å²) in [4.78, 5) is 14.1. The summed E-state index contributed by atoms with van der Waals surface area (Å²) in [6, 6.07) is 1.86. The minimum atomic E-state index is 0.120. The van der Waals surface area contributed by atoms with Gasteiger partial charge in [-0.1, -0.05) is 6.92 Å². The third-order valence-corrected chi connectivity index (χ3v) is 3.29. The fraction of sp³-hybridized carbons (Fsp3) is 0.667. The van der Waals surface area contributed by atoms with Crippen LogP contribution in [0.5, 0.6) is 0 Å². The van der Waals surface area contributed by atoms with Crippen LogP contribution in [0.3, 0.4) is 0 Å². The normalized spacial score (nSPS) is 17.8. The van der Waals surface area contributed by atoms with Crippen LogP contribution in [-0.4, -0.2) is 33.7 Å². The number of amides is 1. The topological polar surface area (TPSA) is 38.1 Å². The Morgan fingerprint density at radius 3 is 2.56 bits per heavy atom. The van der Waals surface area contributed by atoms with Crippen molar-refractivity contribution < 1.29 is 4.79 Å². The van der Waals surface area contributed by atoms with Gasteiger partial charge in [0.25, 0.3) is 5.91 Å². The molecule has 0 bridgehead atoms. The summed E-state index contributed by atoms with van der Waals surface area (Å²) >= 11 is 0. The highest BCUT2D eigenvalue weighted by Gasteiger charge is 2.23. The highest BCUT2D eigenvalue weighted by atomic mass is 16.2. The number of hydrogen-bond acceptors (Lipinski definition) is 2. The van der Waals surface area contributed by atoms with Crippen LogP contribution in [0.4, 0.5) is 0 Å². The Morgan fingerprint density at radius 1 is 1.44 bits per heavy atom. The average molecular weight is 221 g/mol. The van der Waals surface area contributed by atoms with Gasteiger partial charge in [-0.25, -0.2) is 0 Å². The molecule has 2 rings (SSSR count). The molecule has 0 aromatic carbocycles. The van der Waals surface area contributed by atoms with Crippen molar-refractivity contribution in [3.05, 3.63) is 17.5 Å². The second-order valence-electron chi connectivity index (χ2n) is 4.77. The van der Waals surface area contributed by atoms with Gasteiger partial charge in [-0.3, -0.25) is 9.48 Å². The number of nitrogens with zero attached hydrogens (tertiary/aromatic N) is 3. The maximum absolute atomic E-state index is 12.2. The molecule has 2 heterocycles. The summed E-state index contributed by atoms with van der Waals surface area (Å²) in [6.45, 7) is 5.92. The average Bonchev–Trinajstić information content (AvgIpc) is 2.58. The molecule has 1 aliphatic heterocycles. The number of aromatic nitrogens is 2. The van der Waals surface area contributed by atoms with Gasteiger partial charge in [0.2, 0.25) is 0 Å². The lowest BCUT2D eigenvalue weighted by Crippen LogP contribution is -2.38. The van der Waals surface area contributed by atoms with Crippen LogP contribution in [-0.2, 0) is 7.05 Å². The number of aryl methyl sites for hydroxylation is 2. The van der Waals surface area contributed by atoms with Crippen LogP contribution < -0.4 is 0 Å². The Morgan fingerprint density at radius 2 is 2.06 bits per heavy atom. The molecule has 0 aliphatic carbocycles. The van der Waals surface area contributed by atoms with Crippen molar-refractivity contribution in [3.8, 4) is 0 Å². The van der Waals surface area contributed by atoms with Gasteiger partial charge in [0.05, 0.1) is 5.69 Å². The first-order valence-electron chi connectivity index (χ1n) is 5.88. The van der Waals surface area contributed by atoms with Crippen molar-refractivity contribution in [3.63, 3.8) is 0 Å². The second kappa shape index (κ2) is 4.28. The van der Waals surface area contributed by atoms with E-state index in [0.29, 0.717) is 5.69 Å². The van der Waals surface area contributed by atoms with Crippen LogP contribution in [0.15, 0.2) is 6.07 Å². The minimum Gasteiger partial charge on any atom is -0.337 e. The fourth-order valence-corrected chi connectivity index (χ4v) is 2.18. The van der Waals surface area contributed by atoms with E-state index in [2.05, 4.69) is 12.0 Å². The largest absolute Gasteiger partial charge is 0.337 e. The zero-order chi connectivity index (χ0) is 11.7. The first-order valence-corrected chi connectivity index (χ1v) is 5.88. The van der Waals surface area contributed by atoms with E-state index in [0.717, 1.165) is 37.5 Å². The van der Waals surface area contributed by atoms with Crippen molar-refractivity contribution in [1.29, 1.82) is 0 Å². The van der Waals surface area contributed by atoms with Crippen LogP contribution in [0.25, 0.3) is 0 Å². The molecule has 1 saturated heterocycles. The Labute approximate surface area is 96.2 Å². The molecule has 0 atom stereocenters. The molecule has 4 nitrogen and oxygen atoms in total. The zero-order valence-corrected chi connectivity index (χ0v) is 10.2. The smallest absolute Gasteiger partial charge is 0.272 e. The Balaban J connectivity index is 2.10. The lowest BCUT2D eigenvalue weighted by Gasteiger charge is -2.30. The maximum Gasteiger partial charge on any atom is 0.272 e. The molecule has 1 aliphatic rings. The van der Waals surface area contributed by atoms with E-state index in [-0.39, 0.29) is 5.91 Å². The van der Waals surface area contributed by atoms with E-state index in [1.807, 2.05) is 24.9 Å². The van der Waals surface area contributed by atoms with E-state index in [4.69, 9.17) is 0 Å². The number of carbonyl (C=O) groups is 1. The fourth-order valence-electron chi connectivity index (χ4n) is 2.18. The predicted octanol–water partition coefficient (Wildman–Crippen LogP) is 1.60. The molecule has 0 N–H and O–H groups in total. The predicted molar refractivity (Wildman–Crippen MR) is 62.2 cm³/mol. The van der Waals surface area contributed by atoms with E-state index in [9.17, 15) is 4.79 Å². The van der Waals surface area contributed by atoms with Crippen LogP contribution in [0.2, 0.25) is 0 Å². The highest BCUT2D eigenvalue weighted by Crippen LogP contribution is 2.18. The zero-order valence-electron chi connectivity index (χ0n) is 10.2. The molecule has 4 heteroatoms. The quantitative estimate of drug-likeness (QED) is 0.722. The molecule has 0 radical (unpaired) electrons. The Bertz CT molecular complexity index is 389. The standard InChI is InChI=1S/C12H19N3O/c1-9-4-6-15(7-5-9)12(16)11-8-10(2)13-14(11)3/h8-9H,4-7H2,1-3H3. The lowest BCUT2D eigenvalue weighted by molar-refractivity contribution is 0.0686. The van der Waals surface area contributed by atoms with Crippen LogP contribution in [0.1, 0.15) is 35.9 Å². The number of rotatable bonds is 1. The van der Waals surface area contributed by atoms with E-state index in [1.54, 1.807) is 4.68 Å². The Kier molecular flexibility index (Phi) is 2.99. The molecular weight excluding hydrogens is 202 g/mol. The van der Waals surface area contributed by atoms with Gasteiger partial charge in [0.1, 0.15) is 5.69 Å². The lowest BCUT2D eigenvalue weighted by atomic mass is 9.99. The van der Waals surface area contributed by atoms with Crippen molar-refractivity contribution in [2.75, 3.05) is 13.1 Å². The van der Waals surface area contributed by atoms with Gasteiger partial charge in [-0.2, -0.15) is 5.10 Å². The monoisotopic (exact) mass is 221 g/mol. The van der Waals surface area contributed by atoms with Crippen molar-refractivity contribution in [2.24, 2.45) is 13.0 Å².